The normalized spacial score (nSPS) is 23.4. The minimum atomic E-state index is 1.11. The Morgan fingerprint density at radius 2 is 0.440 bits per heavy atom. The minimum Gasteiger partial charge on any atom is -0.239 e. The molecule has 0 radical (unpaired) electrons. The van der Waals surface area contributed by atoms with Gasteiger partial charge in [-0.15, -0.1) is 0 Å². The van der Waals surface area contributed by atoms with Crippen LogP contribution in [0, 0.1) is 0 Å². The van der Waals surface area contributed by atoms with E-state index in [9.17, 15) is 0 Å². The molecule has 0 unspecified atom stereocenters. The molecule has 0 aromatic heterocycles. The van der Waals surface area contributed by atoms with Gasteiger partial charge in [0, 0.05) is 171 Å². The lowest BCUT2D eigenvalue weighted by Gasteiger charge is -2.26. The lowest BCUT2D eigenvalue weighted by molar-refractivity contribution is 0.353. The predicted octanol–water partition coefficient (Wildman–Crippen LogP) is 6.50. The van der Waals surface area contributed by atoms with Crippen LogP contribution in [0.3, 0.4) is 0 Å². The zero-order valence-corrected chi connectivity index (χ0v) is 28.1. The summed E-state index contributed by atoms with van der Waals surface area (Å²) in [5.41, 5.74) is 0. The Labute approximate surface area is 234 Å². The van der Waals surface area contributed by atoms with E-state index in [1.807, 2.05) is 45.6 Å². The van der Waals surface area contributed by atoms with Crippen LogP contribution < -0.4 is 0 Å². The molecule has 1 saturated heterocycles. The monoisotopic (exact) mass is 1000 g/mol. The molecule has 5 nitrogen and oxygen atoms in total. The van der Waals surface area contributed by atoms with Gasteiger partial charge < -0.3 is 0 Å². The zero-order valence-electron chi connectivity index (χ0n) is 13.2. The summed E-state index contributed by atoms with van der Waals surface area (Å²) in [7, 11) is 9.20. The summed E-state index contributed by atoms with van der Waals surface area (Å²) < 4.78 is 12.4. The van der Waals surface area contributed by atoms with Crippen molar-refractivity contribution < 1.29 is 0 Å². The SMILES string of the molecule is ISN1CCN(SI)CCN(SI)CCN(SI)CCN(SI)CC1. The summed E-state index contributed by atoms with van der Waals surface area (Å²) in [6.07, 6.45) is 0. The largest absolute Gasteiger partial charge is 0.239 e. The summed E-state index contributed by atoms with van der Waals surface area (Å²) >= 11 is 12.1. The van der Waals surface area contributed by atoms with Gasteiger partial charge in [-0.2, -0.15) is 0 Å². The maximum Gasteiger partial charge on any atom is 0.0235 e. The molecular weight excluding hydrogens is 985 g/mol. The molecule has 0 saturated carbocycles. The van der Waals surface area contributed by atoms with Gasteiger partial charge in [-0.3, -0.25) is 0 Å². The number of hydrogen-bond acceptors (Lipinski definition) is 10. The highest BCUT2D eigenvalue weighted by molar-refractivity contribution is 14.2. The van der Waals surface area contributed by atoms with Crippen LogP contribution in [0.1, 0.15) is 0 Å². The van der Waals surface area contributed by atoms with Crippen molar-refractivity contribution in [3.63, 3.8) is 0 Å². The predicted molar refractivity (Wildman–Crippen MR) is 166 cm³/mol. The summed E-state index contributed by atoms with van der Waals surface area (Å²) in [5.74, 6) is 0. The van der Waals surface area contributed by atoms with Gasteiger partial charge in [-0.05, 0) is 45.6 Å². The summed E-state index contributed by atoms with van der Waals surface area (Å²) in [4.78, 5) is 0. The second-order valence-corrected chi connectivity index (χ2v) is 14.2. The molecular formula is C10H20I5N5S5. The Morgan fingerprint density at radius 1 is 0.320 bits per heavy atom. The molecule has 0 spiro atoms. The van der Waals surface area contributed by atoms with Gasteiger partial charge in [0.2, 0.25) is 0 Å². The van der Waals surface area contributed by atoms with Crippen LogP contribution in [-0.2, 0) is 0 Å². The molecule has 1 fully saturated rings. The first-order valence-electron chi connectivity index (χ1n) is 7.35. The van der Waals surface area contributed by atoms with Gasteiger partial charge in [0.25, 0.3) is 0 Å². The van der Waals surface area contributed by atoms with Crippen molar-refractivity contribution in [2.75, 3.05) is 65.4 Å². The molecule has 0 aromatic rings. The zero-order chi connectivity index (χ0) is 18.5. The van der Waals surface area contributed by atoms with Gasteiger partial charge in [0.15, 0.2) is 0 Å². The number of halogens is 5. The molecule has 0 aromatic carbocycles. The maximum absolute atomic E-state index is 2.48. The molecule has 1 aliphatic heterocycles. The van der Waals surface area contributed by atoms with Crippen molar-refractivity contribution in [1.29, 1.82) is 0 Å². The van der Waals surface area contributed by atoms with Gasteiger partial charge in [0.1, 0.15) is 0 Å². The lowest BCUT2D eigenvalue weighted by atomic mass is 10.5. The second-order valence-electron chi connectivity index (χ2n) is 4.99. The van der Waals surface area contributed by atoms with Crippen LogP contribution in [0.2, 0.25) is 0 Å². The van der Waals surface area contributed by atoms with Crippen LogP contribution in [0.4, 0.5) is 0 Å². The Balaban J connectivity index is 2.71. The highest BCUT2D eigenvalue weighted by Crippen LogP contribution is 2.26. The standard InChI is InChI=1S/C10H20I5N5S5/c11-21-16-1-2-17(22-12)5-6-19(24-14)9-10-20(25-15)8-7-18(23-13)4-3-16/h1-10H2. The van der Waals surface area contributed by atoms with Crippen LogP contribution in [-0.4, -0.2) is 87.0 Å². The molecule has 0 aliphatic carbocycles. The minimum absolute atomic E-state index is 1.11. The third-order valence-corrected chi connectivity index (χ3v) is 14.6. The lowest BCUT2D eigenvalue weighted by Crippen LogP contribution is -2.34. The molecule has 150 valence electrons. The van der Waals surface area contributed by atoms with Crippen LogP contribution in [0.25, 0.3) is 0 Å². The average Bonchev–Trinajstić information content (AvgIpc) is 2.65. The first kappa shape index (κ1) is 28.2. The van der Waals surface area contributed by atoms with Crippen molar-refractivity contribution in [3.05, 3.63) is 0 Å². The van der Waals surface area contributed by atoms with Crippen LogP contribution in [0.15, 0.2) is 0 Å². The van der Waals surface area contributed by atoms with E-state index in [0.29, 0.717) is 0 Å². The van der Waals surface area contributed by atoms with Crippen molar-refractivity contribution in [1.82, 2.24) is 21.5 Å². The highest BCUT2D eigenvalue weighted by atomic mass is 127. The topological polar surface area (TPSA) is 16.2 Å². The van der Waals surface area contributed by atoms with Crippen LogP contribution in [0.5, 0.6) is 0 Å². The number of nitrogens with zero attached hydrogens (tertiary/aromatic N) is 5. The van der Waals surface area contributed by atoms with Crippen molar-refractivity contribution in [2.24, 2.45) is 0 Å². The van der Waals surface area contributed by atoms with E-state index >= 15 is 0 Å². The molecule has 1 heterocycles. The third kappa shape index (κ3) is 13.4. The molecule has 1 aliphatic rings. The Morgan fingerprint density at radius 3 is 0.520 bits per heavy atom. The van der Waals surface area contributed by atoms with E-state index in [-0.39, 0.29) is 0 Å². The van der Waals surface area contributed by atoms with E-state index in [2.05, 4.69) is 128 Å². The van der Waals surface area contributed by atoms with Gasteiger partial charge in [0.05, 0.1) is 0 Å². The molecule has 0 amide bonds. The van der Waals surface area contributed by atoms with Crippen molar-refractivity contribution >= 4 is 152 Å². The van der Waals surface area contributed by atoms with Crippen molar-refractivity contribution in [2.45, 2.75) is 0 Å². The number of rotatable bonds is 5. The van der Waals surface area contributed by atoms with E-state index in [0.717, 1.165) is 65.4 Å². The summed E-state index contributed by atoms with van der Waals surface area (Å²) in [5, 5.41) is 0. The molecule has 25 heavy (non-hydrogen) atoms. The smallest absolute Gasteiger partial charge is 0.0235 e. The fraction of sp³-hybridized carbons (Fsp3) is 1.00. The highest BCUT2D eigenvalue weighted by Gasteiger charge is 2.16. The first-order valence-corrected chi connectivity index (χ1v) is 23.9. The summed E-state index contributed by atoms with van der Waals surface area (Å²) in [6, 6.07) is 0. The van der Waals surface area contributed by atoms with Crippen molar-refractivity contribution in [3.8, 4) is 0 Å². The number of hydrogen-bond donors (Lipinski definition) is 0. The molecule has 1 rings (SSSR count). The maximum atomic E-state index is 2.48. The first-order chi connectivity index (χ1) is 12.2. The fourth-order valence-corrected chi connectivity index (χ4v) is 9.43. The molecule has 0 atom stereocenters. The van der Waals surface area contributed by atoms with E-state index in [1.165, 1.54) is 0 Å². The summed E-state index contributed by atoms with van der Waals surface area (Å²) in [6.45, 7) is 11.1. The molecule has 15 heteroatoms. The van der Waals surface area contributed by atoms with E-state index in [4.69, 9.17) is 0 Å². The Bertz CT molecular complexity index is 253. The second kappa shape index (κ2) is 18.7. The van der Waals surface area contributed by atoms with E-state index in [1.54, 1.807) is 0 Å². The van der Waals surface area contributed by atoms with Gasteiger partial charge >= 0.3 is 0 Å². The third-order valence-electron chi connectivity index (χ3n) is 3.48. The molecule has 0 N–H and O–H groups in total. The van der Waals surface area contributed by atoms with Gasteiger partial charge in [-0.25, -0.2) is 21.5 Å². The molecule has 0 bridgehead atoms. The Kier molecular flexibility index (Phi) is 21.2. The Hall–Kier alpha value is 5.20. The van der Waals surface area contributed by atoms with E-state index < -0.39 is 0 Å². The average molecular weight is 1010 g/mol. The van der Waals surface area contributed by atoms with Gasteiger partial charge in [-0.1, -0.05) is 0 Å². The van der Waals surface area contributed by atoms with Crippen LogP contribution >= 0.6 is 152 Å². The fourth-order valence-electron chi connectivity index (χ4n) is 2.02. The quantitative estimate of drug-likeness (QED) is 0.224.